The van der Waals surface area contributed by atoms with E-state index in [2.05, 4.69) is 5.32 Å². The Hall–Kier alpha value is -2.36. The molecule has 18 heavy (non-hydrogen) atoms. The maximum atomic E-state index is 12.0. The van der Waals surface area contributed by atoms with Gasteiger partial charge in [0.2, 0.25) is 5.91 Å². The Kier molecular flexibility index (Phi) is 2.30. The molecule has 1 unspecified atom stereocenters. The molecule has 0 aliphatic heterocycles. The zero-order valence-corrected chi connectivity index (χ0v) is 9.64. The van der Waals surface area contributed by atoms with Gasteiger partial charge in [0.15, 0.2) is 0 Å². The van der Waals surface area contributed by atoms with Crippen LogP contribution in [0.5, 0.6) is 0 Å². The lowest BCUT2D eigenvalue weighted by molar-refractivity contribution is -0.121. The number of imide groups is 1. The summed E-state index contributed by atoms with van der Waals surface area (Å²) in [6.45, 7) is 0. The Morgan fingerprint density at radius 2 is 1.89 bits per heavy atom. The number of rotatable bonds is 1. The lowest BCUT2D eigenvalue weighted by Gasteiger charge is -2.09. The standard InChI is InChI=1S/C14H12N2O2/c15-14(18)16-13(17)11-7-9-5-1-3-8-4-2-6-10(11)12(8)9/h1-6,11H,7H2,(H3,15,16,17,18). The molecule has 2 aromatic rings. The number of nitrogens with two attached hydrogens (primary N) is 1. The summed E-state index contributed by atoms with van der Waals surface area (Å²) in [4.78, 5) is 22.7. The van der Waals surface area contributed by atoms with Crippen molar-refractivity contribution in [1.82, 2.24) is 5.32 Å². The molecule has 3 N–H and O–H groups in total. The molecule has 0 spiro atoms. The number of benzene rings is 2. The molecule has 3 rings (SSSR count). The molecule has 0 heterocycles. The maximum absolute atomic E-state index is 12.0. The zero-order chi connectivity index (χ0) is 12.7. The summed E-state index contributed by atoms with van der Waals surface area (Å²) in [6.07, 6.45) is 0.621. The van der Waals surface area contributed by atoms with E-state index in [-0.39, 0.29) is 11.8 Å². The zero-order valence-electron chi connectivity index (χ0n) is 9.64. The highest BCUT2D eigenvalue weighted by Crippen LogP contribution is 2.38. The number of carbonyl (C=O) groups is 2. The smallest absolute Gasteiger partial charge is 0.318 e. The first-order valence-corrected chi connectivity index (χ1v) is 5.77. The highest BCUT2D eigenvalue weighted by Gasteiger charge is 2.30. The number of primary amides is 1. The summed E-state index contributed by atoms with van der Waals surface area (Å²) >= 11 is 0. The Balaban J connectivity index is 2.08. The van der Waals surface area contributed by atoms with Crippen LogP contribution in [-0.4, -0.2) is 11.9 Å². The van der Waals surface area contributed by atoms with Gasteiger partial charge in [-0.2, -0.15) is 0 Å². The average Bonchev–Trinajstić information content (AvgIpc) is 2.70. The van der Waals surface area contributed by atoms with Gasteiger partial charge in [0.25, 0.3) is 0 Å². The lowest BCUT2D eigenvalue weighted by Crippen LogP contribution is -2.38. The molecule has 1 atom stereocenters. The average molecular weight is 240 g/mol. The molecule has 0 saturated heterocycles. The topological polar surface area (TPSA) is 72.2 Å². The van der Waals surface area contributed by atoms with Gasteiger partial charge >= 0.3 is 6.03 Å². The van der Waals surface area contributed by atoms with E-state index in [1.54, 1.807) is 0 Å². The van der Waals surface area contributed by atoms with Crippen LogP contribution in [0, 0.1) is 0 Å². The van der Waals surface area contributed by atoms with Crippen molar-refractivity contribution in [3.05, 3.63) is 47.5 Å². The van der Waals surface area contributed by atoms with Gasteiger partial charge in [-0.15, -0.1) is 0 Å². The van der Waals surface area contributed by atoms with Crippen LogP contribution in [0.2, 0.25) is 0 Å². The van der Waals surface area contributed by atoms with E-state index in [4.69, 9.17) is 5.73 Å². The number of amides is 3. The van der Waals surface area contributed by atoms with Gasteiger partial charge in [-0.05, 0) is 28.3 Å². The molecule has 4 nitrogen and oxygen atoms in total. The van der Waals surface area contributed by atoms with Gasteiger partial charge in [-0.3, -0.25) is 10.1 Å². The van der Waals surface area contributed by atoms with E-state index in [0.29, 0.717) is 6.42 Å². The highest BCUT2D eigenvalue weighted by molar-refractivity contribution is 6.02. The fourth-order valence-electron chi connectivity index (χ4n) is 2.68. The Bertz CT molecular complexity index is 659. The van der Waals surface area contributed by atoms with Crippen LogP contribution < -0.4 is 11.1 Å². The minimum Gasteiger partial charge on any atom is -0.351 e. The molecule has 1 aliphatic carbocycles. The summed E-state index contributed by atoms with van der Waals surface area (Å²) in [7, 11) is 0. The van der Waals surface area contributed by atoms with E-state index in [0.717, 1.165) is 21.9 Å². The summed E-state index contributed by atoms with van der Waals surface area (Å²) in [5.74, 6) is -0.648. The van der Waals surface area contributed by atoms with Gasteiger partial charge in [-0.25, -0.2) is 4.79 Å². The maximum Gasteiger partial charge on any atom is 0.318 e. The highest BCUT2D eigenvalue weighted by atomic mass is 16.2. The van der Waals surface area contributed by atoms with Crippen LogP contribution in [0.4, 0.5) is 4.79 Å². The minimum atomic E-state index is -0.803. The van der Waals surface area contributed by atoms with E-state index in [1.807, 2.05) is 36.4 Å². The molecule has 0 bridgehead atoms. The van der Waals surface area contributed by atoms with Crippen molar-refractivity contribution in [2.45, 2.75) is 12.3 Å². The Labute approximate surface area is 104 Å². The van der Waals surface area contributed by atoms with Gasteiger partial charge < -0.3 is 5.73 Å². The first-order chi connectivity index (χ1) is 8.66. The summed E-state index contributed by atoms with van der Waals surface area (Å²) in [6, 6.07) is 11.1. The second-order valence-corrected chi connectivity index (χ2v) is 4.47. The molecular formula is C14H12N2O2. The molecule has 0 radical (unpaired) electrons. The van der Waals surface area contributed by atoms with Gasteiger partial charge in [0, 0.05) is 0 Å². The first-order valence-electron chi connectivity index (χ1n) is 5.77. The molecule has 0 saturated carbocycles. The van der Waals surface area contributed by atoms with Crippen LogP contribution in [0.15, 0.2) is 36.4 Å². The summed E-state index contributed by atoms with van der Waals surface area (Å²) < 4.78 is 0. The predicted molar refractivity (Wildman–Crippen MR) is 68.1 cm³/mol. The van der Waals surface area contributed by atoms with Crippen LogP contribution in [0.1, 0.15) is 17.0 Å². The number of hydrogen-bond donors (Lipinski definition) is 2. The van der Waals surface area contributed by atoms with E-state index in [1.165, 1.54) is 0 Å². The Morgan fingerprint density at radius 1 is 1.17 bits per heavy atom. The van der Waals surface area contributed by atoms with Gasteiger partial charge in [0.05, 0.1) is 5.92 Å². The quantitative estimate of drug-likeness (QED) is 0.795. The van der Waals surface area contributed by atoms with E-state index in [9.17, 15) is 9.59 Å². The van der Waals surface area contributed by atoms with E-state index >= 15 is 0 Å². The van der Waals surface area contributed by atoms with Crippen molar-refractivity contribution in [3.8, 4) is 0 Å². The van der Waals surface area contributed by atoms with Gasteiger partial charge in [-0.1, -0.05) is 36.4 Å². The summed E-state index contributed by atoms with van der Waals surface area (Å²) in [5, 5.41) is 4.42. The molecule has 0 aromatic heterocycles. The van der Waals surface area contributed by atoms with Crippen LogP contribution in [0.3, 0.4) is 0 Å². The minimum absolute atomic E-state index is 0.321. The fourth-order valence-corrected chi connectivity index (χ4v) is 2.68. The lowest BCUT2D eigenvalue weighted by atomic mass is 9.99. The number of nitrogens with one attached hydrogen (secondary N) is 1. The SMILES string of the molecule is NC(=O)NC(=O)C1Cc2cccc3cccc1c23. The molecule has 4 heteroatoms. The monoisotopic (exact) mass is 240 g/mol. The largest absolute Gasteiger partial charge is 0.351 e. The second kappa shape index (κ2) is 3.84. The van der Waals surface area contributed by atoms with Crippen molar-refractivity contribution < 1.29 is 9.59 Å². The van der Waals surface area contributed by atoms with Crippen LogP contribution in [-0.2, 0) is 11.2 Å². The van der Waals surface area contributed by atoms with Crippen LogP contribution >= 0.6 is 0 Å². The Morgan fingerprint density at radius 3 is 2.61 bits per heavy atom. The predicted octanol–water partition coefficient (Wildman–Crippen LogP) is 1.67. The third-order valence-corrected chi connectivity index (χ3v) is 3.39. The van der Waals surface area contributed by atoms with Crippen molar-refractivity contribution >= 4 is 22.7 Å². The molecule has 90 valence electrons. The third-order valence-electron chi connectivity index (χ3n) is 3.39. The van der Waals surface area contributed by atoms with Crippen LogP contribution in [0.25, 0.3) is 10.8 Å². The molecule has 0 fully saturated rings. The summed E-state index contributed by atoms with van der Waals surface area (Å²) in [5.41, 5.74) is 7.11. The van der Waals surface area contributed by atoms with E-state index < -0.39 is 6.03 Å². The molecule has 3 amide bonds. The third kappa shape index (κ3) is 1.54. The molecule has 2 aromatic carbocycles. The van der Waals surface area contributed by atoms with Crippen molar-refractivity contribution in [2.24, 2.45) is 5.73 Å². The second-order valence-electron chi connectivity index (χ2n) is 4.47. The van der Waals surface area contributed by atoms with Crippen molar-refractivity contribution in [1.29, 1.82) is 0 Å². The number of carbonyl (C=O) groups excluding carboxylic acids is 2. The normalized spacial score (nSPS) is 16.8. The van der Waals surface area contributed by atoms with Crippen molar-refractivity contribution in [3.63, 3.8) is 0 Å². The molecule has 1 aliphatic rings. The van der Waals surface area contributed by atoms with Gasteiger partial charge in [0.1, 0.15) is 0 Å². The fraction of sp³-hybridized carbons (Fsp3) is 0.143. The molecular weight excluding hydrogens is 228 g/mol. The first kappa shape index (κ1) is 10.8. The number of urea groups is 1. The number of hydrogen-bond acceptors (Lipinski definition) is 2. The van der Waals surface area contributed by atoms with Crippen molar-refractivity contribution in [2.75, 3.05) is 0 Å².